The van der Waals surface area contributed by atoms with Crippen LogP contribution in [0.3, 0.4) is 0 Å². The molecular formula is C12H13N2O3+. The van der Waals surface area contributed by atoms with Crippen LogP contribution in [0.4, 0.5) is 4.79 Å². The SMILES string of the molecule is O=C1C2C=CC=CC2=[N+](CC2CC2)C(=O)N1O. The summed E-state index contributed by atoms with van der Waals surface area (Å²) in [5.41, 5.74) is 0.680. The van der Waals surface area contributed by atoms with Crippen LogP contribution < -0.4 is 0 Å². The normalized spacial score (nSPS) is 27.8. The number of rotatable bonds is 2. The standard InChI is InChI=1S/C12H13N2O3/c15-11-9-3-1-2-4-10(9)13(7-8-5-6-8)12(16)14(11)17/h1-4,8-9,17H,5-7H2/q+1. The van der Waals surface area contributed by atoms with Gasteiger partial charge >= 0.3 is 11.9 Å². The maximum atomic E-state index is 11.9. The molecule has 3 aliphatic rings. The summed E-state index contributed by atoms with van der Waals surface area (Å²) in [6.07, 6.45) is 9.26. The van der Waals surface area contributed by atoms with Gasteiger partial charge in [0.25, 0.3) is 0 Å². The summed E-state index contributed by atoms with van der Waals surface area (Å²) in [7, 11) is 0. The van der Waals surface area contributed by atoms with E-state index in [-0.39, 0.29) is 5.06 Å². The molecule has 5 heteroatoms. The first-order chi connectivity index (χ1) is 8.18. The molecule has 1 fully saturated rings. The van der Waals surface area contributed by atoms with E-state index in [2.05, 4.69) is 0 Å². The Bertz CT molecular complexity index is 486. The molecule has 0 spiro atoms. The lowest BCUT2D eigenvalue weighted by atomic mass is 9.95. The van der Waals surface area contributed by atoms with Gasteiger partial charge < -0.3 is 0 Å². The molecule has 0 aromatic rings. The zero-order valence-corrected chi connectivity index (χ0v) is 9.24. The number of urea groups is 1. The van der Waals surface area contributed by atoms with Gasteiger partial charge in [-0.05, 0) is 29.9 Å². The molecule has 0 radical (unpaired) electrons. The minimum atomic E-state index is -0.631. The van der Waals surface area contributed by atoms with E-state index < -0.39 is 17.9 Å². The van der Waals surface area contributed by atoms with Gasteiger partial charge in [0.05, 0.1) is 6.54 Å². The molecule has 0 aromatic carbocycles. The Morgan fingerprint density at radius 1 is 1.35 bits per heavy atom. The predicted molar refractivity (Wildman–Crippen MR) is 58.7 cm³/mol. The smallest absolute Gasteiger partial charge is 0.242 e. The summed E-state index contributed by atoms with van der Waals surface area (Å²) in [4.78, 5) is 23.6. The van der Waals surface area contributed by atoms with Gasteiger partial charge in [0, 0.05) is 0 Å². The number of hydrogen-bond acceptors (Lipinski definition) is 3. The highest BCUT2D eigenvalue weighted by Crippen LogP contribution is 2.30. The van der Waals surface area contributed by atoms with Gasteiger partial charge in [0.2, 0.25) is 0 Å². The number of carbonyl (C=O) groups is 2. The Kier molecular flexibility index (Phi) is 2.22. The van der Waals surface area contributed by atoms with E-state index in [1.54, 1.807) is 24.3 Å². The van der Waals surface area contributed by atoms with Crippen LogP contribution in [-0.2, 0) is 4.79 Å². The lowest BCUT2D eigenvalue weighted by Crippen LogP contribution is -2.53. The van der Waals surface area contributed by atoms with Gasteiger partial charge in [-0.1, -0.05) is 18.2 Å². The fourth-order valence-corrected chi connectivity index (χ4v) is 2.19. The Morgan fingerprint density at radius 3 is 2.82 bits per heavy atom. The molecule has 2 aliphatic carbocycles. The van der Waals surface area contributed by atoms with E-state index in [1.807, 2.05) is 0 Å². The number of nitrogens with zero attached hydrogens (tertiary/aromatic N) is 2. The number of carbonyl (C=O) groups excluding carboxylic acids is 2. The molecule has 0 bridgehead atoms. The van der Waals surface area contributed by atoms with E-state index in [9.17, 15) is 14.8 Å². The second-order valence-corrected chi connectivity index (χ2v) is 4.63. The predicted octanol–water partition coefficient (Wildman–Crippen LogP) is 0.943. The third-order valence-corrected chi connectivity index (χ3v) is 3.34. The molecule has 5 nitrogen and oxygen atoms in total. The maximum absolute atomic E-state index is 11.9. The monoisotopic (exact) mass is 233 g/mol. The van der Waals surface area contributed by atoms with Crippen molar-refractivity contribution < 1.29 is 19.4 Å². The summed E-state index contributed by atoms with van der Waals surface area (Å²) in [6, 6.07) is -0.631. The second kappa shape index (κ2) is 3.63. The molecule has 1 N–H and O–H groups in total. The minimum absolute atomic E-state index is 0.236. The van der Waals surface area contributed by atoms with Crippen molar-refractivity contribution in [3.05, 3.63) is 24.3 Å². The van der Waals surface area contributed by atoms with Crippen LogP contribution in [0, 0.1) is 11.8 Å². The quantitative estimate of drug-likeness (QED) is 0.570. The van der Waals surface area contributed by atoms with E-state index in [4.69, 9.17) is 0 Å². The van der Waals surface area contributed by atoms with E-state index in [0.717, 1.165) is 12.8 Å². The van der Waals surface area contributed by atoms with Gasteiger partial charge in [-0.2, -0.15) is 14.6 Å². The van der Waals surface area contributed by atoms with Crippen molar-refractivity contribution in [3.8, 4) is 0 Å². The molecule has 1 atom stereocenters. The van der Waals surface area contributed by atoms with Crippen LogP contribution in [0.1, 0.15) is 12.8 Å². The molecule has 1 saturated carbocycles. The minimum Gasteiger partial charge on any atom is -0.242 e. The zero-order valence-electron chi connectivity index (χ0n) is 9.24. The van der Waals surface area contributed by atoms with Crippen LogP contribution >= 0.6 is 0 Å². The molecule has 1 heterocycles. The van der Waals surface area contributed by atoms with Crippen molar-refractivity contribution in [1.82, 2.24) is 5.06 Å². The van der Waals surface area contributed by atoms with Crippen LogP contribution in [0.5, 0.6) is 0 Å². The highest BCUT2D eigenvalue weighted by atomic mass is 16.5. The average Bonchev–Trinajstić information content (AvgIpc) is 3.16. The van der Waals surface area contributed by atoms with Gasteiger partial charge in [-0.3, -0.25) is 0 Å². The van der Waals surface area contributed by atoms with Gasteiger partial charge in [-0.15, -0.1) is 0 Å². The zero-order chi connectivity index (χ0) is 12.0. The van der Waals surface area contributed by atoms with Crippen molar-refractivity contribution in [2.24, 2.45) is 11.8 Å². The molecule has 3 amide bonds. The lowest BCUT2D eigenvalue weighted by Gasteiger charge is -2.22. The Labute approximate surface area is 98.3 Å². The average molecular weight is 233 g/mol. The van der Waals surface area contributed by atoms with Crippen LogP contribution in [0.25, 0.3) is 0 Å². The van der Waals surface area contributed by atoms with E-state index >= 15 is 0 Å². The molecule has 3 rings (SSSR count). The Morgan fingerprint density at radius 2 is 2.12 bits per heavy atom. The molecule has 1 aliphatic heterocycles. The number of allylic oxidation sites excluding steroid dienone is 3. The molecule has 0 aromatic heterocycles. The number of hydroxylamine groups is 2. The van der Waals surface area contributed by atoms with Crippen molar-refractivity contribution in [2.45, 2.75) is 12.8 Å². The molecular weight excluding hydrogens is 220 g/mol. The molecule has 1 unspecified atom stereocenters. The summed E-state index contributed by atoms with van der Waals surface area (Å²) < 4.78 is 1.52. The third-order valence-electron chi connectivity index (χ3n) is 3.34. The largest absolute Gasteiger partial charge is 0.532 e. The van der Waals surface area contributed by atoms with Crippen LogP contribution in [0.2, 0.25) is 0 Å². The summed E-state index contributed by atoms with van der Waals surface area (Å²) in [5.74, 6) is -0.591. The number of imide groups is 1. The first-order valence-corrected chi connectivity index (χ1v) is 5.74. The van der Waals surface area contributed by atoms with Gasteiger partial charge in [-0.25, -0.2) is 4.79 Å². The highest BCUT2D eigenvalue weighted by molar-refractivity contribution is 6.15. The molecule has 17 heavy (non-hydrogen) atoms. The summed E-state index contributed by atoms with van der Waals surface area (Å²) >= 11 is 0. The second-order valence-electron chi connectivity index (χ2n) is 4.63. The van der Waals surface area contributed by atoms with Crippen molar-refractivity contribution in [2.75, 3.05) is 6.54 Å². The fraction of sp³-hybridized carbons (Fsp3) is 0.417. The lowest BCUT2D eigenvalue weighted by molar-refractivity contribution is -0.453. The van der Waals surface area contributed by atoms with Gasteiger partial charge in [0.1, 0.15) is 11.6 Å². The topological polar surface area (TPSA) is 60.6 Å². The van der Waals surface area contributed by atoms with Crippen molar-refractivity contribution >= 4 is 17.6 Å². The maximum Gasteiger partial charge on any atom is 0.532 e. The third kappa shape index (κ3) is 1.63. The van der Waals surface area contributed by atoms with Crippen molar-refractivity contribution in [1.29, 1.82) is 0 Å². The Hall–Kier alpha value is -1.75. The fourth-order valence-electron chi connectivity index (χ4n) is 2.19. The summed E-state index contributed by atoms with van der Waals surface area (Å²) in [6.45, 7) is 0.590. The van der Waals surface area contributed by atoms with Crippen LogP contribution in [-0.4, -0.2) is 39.0 Å². The van der Waals surface area contributed by atoms with E-state index in [0.29, 0.717) is 18.2 Å². The van der Waals surface area contributed by atoms with Crippen molar-refractivity contribution in [3.63, 3.8) is 0 Å². The Balaban J connectivity index is 2.04. The first-order valence-electron chi connectivity index (χ1n) is 5.74. The highest BCUT2D eigenvalue weighted by Gasteiger charge is 2.48. The molecule has 88 valence electrons. The first kappa shape index (κ1) is 10.4. The number of amides is 3. The molecule has 0 saturated heterocycles. The number of fused-ring (bicyclic) bond motifs is 1. The number of hydrogen-bond donors (Lipinski definition) is 1. The van der Waals surface area contributed by atoms with Crippen LogP contribution in [0.15, 0.2) is 24.3 Å². The van der Waals surface area contributed by atoms with Gasteiger partial charge in [0.15, 0.2) is 0 Å². The summed E-state index contributed by atoms with van der Waals surface area (Å²) in [5, 5.41) is 9.75. The van der Waals surface area contributed by atoms with E-state index in [1.165, 1.54) is 4.58 Å².